The standard InChI is InChI=1S/C18H16ClN3O3S/c1-11-17(12(2)22(21-11)13-6-4-3-5-7-13)20-16(23)10-25-18(24)14-8-9-15(19)26-14/h3-9H,10H2,1-2H3,(H,20,23). The van der Waals surface area contributed by atoms with E-state index in [1.54, 1.807) is 16.8 Å². The van der Waals surface area contributed by atoms with Crippen molar-refractivity contribution in [1.82, 2.24) is 9.78 Å². The van der Waals surface area contributed by atoms with Crippen LogP contribution in [0.1, 0.15) is 21.1 Å². The molecule has 2 aromatic heterocycles. The minimum Gasteiger partial charge on any atom is -0.451 e. The van der Waals surface area contributed by atoms with Gasteiger partial charge >= 0.3 is 5.97 Å². The number of halogens is 1. The number of amides is 1. The van der Waals surface area contributed by atoms with Gasteiger partial charge in [-0.15, -0.1) is 11.3 Å². The van der Waals surface area contributed by atoms with Crippen LogP contribution in [0.5, 0.6) is 0 Å². The molecular weight excluding hydrogens is 374 g/mol. The molecule has 1 aromatic carbocycles. The van der Waals surface area contributed by atoms with E-state index in [0.29, 0.717) is 20.6 Å². The summed E-state index contributed by atoms with van der Waals surface area (Å²) in [4.78, 5) is 24.4. The van der Waals surface area contributed by atoms with Crippen LogP contribution < -0.4 is 5.32 Å². The lowest BCUT2D eigenvalue weighted by atomic mass is 10.3. The molecule has 1 amide bonds. The lowest BCUT2D eigenvalue weighted by Crippen LogP contribution is -2.21. The van der Waals surface area contributed by atoms with Gasteiger partial charge < -0.3 is 10.1 Å². The molecule has 0 unspecified atom stereocenters. The van der Waals surface area contributed by atoms with Gasteiger partial charge in [-0.1, -0.05) is 29.8 Å². The lowest BCUT2D eigenvalue weighted by Gasteiger charge is -2.07. The summed E-state index contributed by atoms with van der Waals surface area (Å²) in [5, 5.41) is 7.22. The molecule has 0 aliphatic rings. The number of hydrogen-bond donors (Lipinski definition) is 1. The number of thiophene rings is 1. The molecule has 134 valence electrons. The van der Waals surface area contributed by atoms with Gasteiger partial charge in [0.2, 0.25) is 0 Å². The van der Waals surface area contributed by atoms with Crippen molar-refractivity contribution in [2.45, 2.75) is 13.8 Å². The van der Waals surface area contributed by atoms with Crippen LogP contribution in [0.15, 0.2) is 42.5 Å². The van der Waals surface area contributed by atoms with Crippen molar-refractivity contribution in [3.05, 3.63) is 63.1 Å². The SMILES string of the molecule is Cc1nn(-c2ccccc2)c(C)c1NC(=O)COC(=O)c1ccc(Cl)s1. The third-order valence-electron chi connectivity index (χ3n) is 3.67. The number of hydrogen-bond acceptors (Lipinski definition) is 5. The molecule has 0 spiro atoms. The average molecular weight is 390 g/mol. The van der Waals surface area contributed by atoms with Crippen molar-refractivity contribution in [3.8, 4) is 5.69 Å². The van der Waals surface area contributed by atoms with Gasteiger partial charge in [-0.3, -0.25) is 4.79 Å². The van der Waals surface area contributed by atoms with Gasteiger partial charge in [0.05, 0.1) is 27.1 Å². The zero-order chi connectivity index (χ0) is 18.7. The Kier molecular flexibility index (Phi) is 5.39. The smallest absolute Gasteiger partial charge is 0.348 e. The highest BCUT2D eigenvalue weighted by atomic mass is 35.5. The first-order chi connectivity index (χ1) is 12.5. The number of anilines is 1. The minimum absolute atomic E-state index is 0.354. The molecule has 0 atom stereocenters. The van der Waals surface area contributed by atoms with Gasteiger partial charge in [-0.25, -0.2) is 9.48 Å². The van der Waals surface area contributed by atoms with E-state index in [2.05, 4.69) is 10.4 Å². The predicted molar refractivity (Wildman–Crippen MR) is 101 cm³/mol. The zero-order valence-electron chi connectivity index (χ0n) is 14.2. The fourth-order valence-corrected chi connectivity index (χ4v) is 3.38. The van der Waals surface area contributed by atoms with Gasteiger partial charge in [0.15, 0.2) is 6.61 Å². The molecule has 0 radical (unpaired) electrons. The van der Waals surface area contributed by atoms with Crippen LogP contribution in [-0.2, 0) is 9.53 Å². The topological polar surface area (TPSA) is 73.2 Å². The number of nitrogens with zero attached hydrogens (tertiary/aromatic N) is 2. The second kappa shape index (κ2) is 7.72. The van der Waals surface area contributed by atoms with Crippen LogP contribution in [0.3, 0.4) is 0 Å². The quantitative estimate of drug-likeness (QED) is 0.669. The summed E-state index contributed by atoms with van der Waals surface area (Å²) in [7, 11) is 0. The second-order valence-electron chi connectivity index (χ2n) is 5.52. The Balaban J connectivity index is 1.66. The predicted octanol–water partition coefficient (Wildman–Crippen LogP) is 4.00. The molecule has 26 heavy (non-hydrogen) atoms. The summed E-state index contributed by atoms with van der Waals surface area (Å²) in [6.07, 6.45) is 0. The summed E-state index contributed by atoms with van der Waals surface area (Å²) < 4.78 is 7.26. The molecule has 0 saturated heterocycles. The van der Waals surface area contributed by atoms with Gasteiger partial charge in [-0.05, 0) is 38.1 Å². The van der Waals surface area contributed by atoms with Crippen LogP contribution in [0.4, 0.5) is 5.69 Å². The zero-order valence-corrected chi connectivity index (χ0v) is 15.7. The molecular formula is C18H16ClN3O3S. The average Bonchev–Trinajstić information content (AvgIpc) is 3.19. The Bertz CT molecular complexity index is 950. The summed E-state index contributed by atoms with van der Waals surface area (Å²) in [5.41, 5.74) is 2.97. The van der Waals surface area contributed by atoms with Crippen LogP contribution in [-0.4, -0.2) is 28.3 Å². The first kappa shape index (κ1) is 18.2. The van der Waals surface area contributed by atoms with Crippen molar-refractivity contribution < 1.29 is 14.3 Å². The second-order valence-corrected chi connectivity index (χ2v) is 7.24. The van der Waals surface area contributed by atoms with E-state index in [1.807, 2.05) is 44.2 Å². The Morgan fingerprint density at radius 2 is 1.92 bits per heavy atom. The number of nitrogens with one attached hydrogen (secondary N) is 1. The highest BCUT2D eigenvalue weighted by Crippen LogP contribution is 2.23. The number of benzene rings is 1. The molecule has 0 aliphatic carbocycles. The summed E-state index contributed by atoms with van der Waals surface area (Å²) >= 11 is 6.89. The summed E-state index contributed by atoms with van der Waals surface area (Å²) in [5.74, 6) is -1.01. The van der Waals surface area contributed by atoms with Crippen LogP contribution >= 0.6 is 22.9 Å². The van der Waals surface area contributed by atoms with E-state index >= 15 is 0 Å². The van der Waals surface area contributed by atoms with Crippen molar-refractivity contribution in [1.29, 1.82) is 0 Å². The highest BCUT2D eigenvalue weighted by Gasteiger charge is 2.17. The van der Waals surface area contributed by atoms with Gasteiger partial charge in [0, 0.05) is 0 Å². The molecule has 6 nitrogen and oxygen atoms in total. The maximum Gasteiger partial charge on any atom is 0.348 e. The highest BCUT2D eigenvalue weighted by molar-refractivity contribution is 7.17. The molecule has 8 heteroatoms. The first-order valence-electron chi connectivity index (χ1n) is 7.79. The number of aryl methyl sites for hydroxylation is 1. The summed E-state index contributed by atoms with van der Waals surface area (Å²) in [6, 6.07) is 12.8. The first-order valence-corrected chi connectivity index (χ1v) is 8.99. The fraction of sp³-hybridized carbons (Fsp3) is 0.167. The minimum atomic E-state index is -0.578. The number of carbonyl (C=O) groups excluding carboxylic acids is 2. The van der Waals surface area contributed by atoms with Gasteiger partial charge in [-0.2, -0.15) is 5.10 Å². The number of ether oxygens (including phenoxy) is 1. The lowest BCUT2D eigenvalue weighted by molar-refractivity contribution is -0.119. The van der Waals surface area contributed by atoms with E-state index in [9.17, 15) is 9.59 Å². The molecule has 0 bridgehead atoms. The van der Waals surface area contributed by atoms with E-state index in [0.717, 1.165) is 22.7 Å². The molecule has 0 fully saturated rings. The fourth-order valence-electron chi connectivity index (χ4n) is 2.45. The van der Waals surface area contributed by atoms with Crippen molar-refractivity contribution in [2.24, 2.45) is 0 Å². The Morgan fingerprint density at radius 1 is 1.19 bits per heavy atom. The number of aromatic nitrogens is 2. The van der Waals surface area contributed by atoms with E-state index in [-0.39, 0.29) is 6.61 Å². The largest absolute Gasteiger partial charge is 0.451 e. The number of esters is 1. The summed E-state index contributed by atoms with van der Waals surface area (Å²) in [6.45, 7) is 3.29. The molecule has 2 heterocycles. The number of rotatable bonds is 5. The van der Waals surface area contributed by atoms with E-state index < -0.39 is 11.9 Å². The maximum absolute atomic E-state index is 12.2. The third-order valence-corrected chi connectivity index (χ3v) is 4.88. The molecule has 3 aromatic rings. The Hall–Kier alpha value is -2.64. The molecule has 3 rings (SSSR count). The number of para-hydroxylation sites is 1. The van der Waals surface area contributed by atoms with Crippen LogP contribution in [0.2, 0.25) is 4.34 Å². The maximum atomic E-state index is 12.2. The van der Waals surface area contributed by atoms with Crippen LogP contribution in [0, 0.1) is 13.8 Å². The van der Waals surface area contributed by atoms with E-state index in [4.69, 9.17) is 16.3 Å². The normalized spacial score (nSPS) is 10.6. The Morgan fingerprint density at radius 3 is 2.58 bits per heavy atom. The number of carbonyl (C=O) groups is 2. The van der Waals surface area contributed by atoms with Crippen molar-refractivity contribution >= 4 is 40.5 Å². The van der Waals surface area contributed by atoms with Crippen molar-refractivity contribution in [3.63, 3.8) is 0 Å². The molecule has 0 aliphatic heterocycles. The molecule has 1 N–H and O–H groups in total. The van der Waals surface area contributed by atoms with E-state index in [1.165, 1.54) is 0 Å². The Labute approximate surface area is 159 Å². The van der Waals surface area contributed by atoms with Crippen LogP contribution in [0.25, 0.3) is 5.69 Å². The molecule has 0 saturated carbocycles. The monoisotopic (exact) mass is 389 g/mol. The van der Waals surface area contributed by atoms with Gasteiger partial charge in [0.1, 0.15) is 4.88 Å². The third kappa shape index (κ3) is 3.95. The van der Waals surface area contributed by atoms with Crippen molar-refractivity contribution in [2.75, 3.05) is 11.9 Å². The van der Waals surface area contributed by atoms with Gasteiger partial charge in [0.25, 0.3) is 5.91 Å².